The third kappa shape index (κ3) is 7.66. The highest BCUT2D eigenvalue weighted by Crippen LogP contribution is 2.40. The summed E-state index contributed by atoms with van der Waals surface area (Å²) in [5.41, 5.74) is 0.177. The van der Waals surface area contributed by atoms with Gasteiger partial charge in [-0.2, -0.15) is 46.5 Å². The summed E-state index contributed by atoms with van der Waals surface area (Å²) in [7, 11) is 0. The van der Waals surface area contributed by atoms with Crippen molar-refractivity contribution in [1.82, 2.24) is 44.7 Å². The van der Waals surface area contributed by atoms with Gasteiger partial charge in [-0.25, -0.2) is 9.36 Å². The van der Waals surface area contributed by atoms with Gasteiger partial charge >= 0.3 is 18.3 Å². The summed E-state index contributed by atoms with van der Waals surface area (Å²) in [6, 6.07) is 29.3. The fourth-order valence-corrected chi connectivity index (χ4v) is 7.33. The monoisotopic (exact) mass is 837 g/mol. The van der Waals surface area contributed by atoms with E-state index in [1.165, 1.54) is 24.3 Å². The molecule has 1 aliphatic heterocycles. The number of aliphatic carboxylic acids is 1. The number of carboxylic acid groups (broad SMARTS) is 1. The molecule has 0 saturated carbocycles. The van der Waals surface area contributed by atoms with Crippen LogP contribution in [0.2, 0.25) is 0 Å². The molecule has 1 saturated heterocycles. The van der Waals surface area contributed by atoms with Crippen molar-refractivity contribution >= 4 is 5.97 Å². The summed E-state index contributed by atoms with van der Waals surface area (Å²) >= 11 is 0. The maximum atomic E-state index is 14.2. The van der Waals surface area contributed by atoms with Gasteiger partial charge in [-0.15, -0.1) is 0 Å². The Hall–Kier alpha value is -7.41. The molecule has 0 aliphatic carbocycles. The standard InChI is InChI=1S/C42H29F6N9O4/c43-41(44,45)34-30(20-49-56(34)28-7-3-1-4-8-28)38-51-36(53-60-38)26-15-11-24(12-16-26)19-33-32(40(58)59)23-55(33)22-25-13-17-27(18-14-25)37-52-39(61-54-37)31-21-50-57(35(31)42(46,47)48)29-9-5-2-6-10-29/h1-18,20-21,32-33H,19,22-23H2,(H,58,59). The highest BCUT2D eigenvalue weighted by molar-refractivity contribution is 5.72. The first-order chi connectivity index (χ1) is 29.3. The Morgan fingerprint density at radius 2 is 1.08 bits per heavy atom. The molecule has 0 radical (unpaired) electrons. The van der Waals surface area contributed by atoms with Gasteiger partial charge in [0.15, 0.2) is 11.4 Å². The van der Waals surface area contributed by atoms with Crippen LogP contribution in [0.25, 0.3) is 57.1 Å². The number of likely N-dealkylation sites (tertiary alicyclic amines) is 1. The summed E-state index contributed by atoms with van der Waals surface area (Å²) in [6.45, 7) is 0.711. The van der Waals surface area contributed by atoms with Crippen molar-refractivity contribution in [3.63, 3.8) is 0 Å². The number of hydrogen-bond acceptors (Lipinski definition) is 10. The van der Waals surface area contributed by atoms with Crippen molar-refractivity contribution in [3.8, 4) is 57.1 Å². The van der Waals surface area contributed by atoms with E-state index in [0.717, 1.165) is 32.9 Å². The first-order valence-corrected chi connectivity index (χ1v) is 18.6. The van der Waals surface area contributed by atoms with Gasteiger partial charge in [0.05, 0.1) is 40.8 Å². The Bertz CT molecular complexity index is 2820. The highest BCUT2D eigenvalue weighted by Gasteiger charge is 2.44. The highest BCUT2D eigenvalue weighted by atomic mass is 19.4. The van der Waals surface area contributed by atoms with E-state index in [1.807, 2.05) is 4.90 Å². The molecule has 1 aliphatic rings. The van der Waals surface area contributed by atoms with E-state index in [2.05, 4.69) is 30.5 Å². The molecule has 0 spiro atoms. The number of benzene rings is 4. The van der Waals surface area contributed by atoms with Gasteiger partial charge < -0.3 is 14.2 Å². The van der Waals surface area contributed by atoms with Gasteiger partial charge in [0.25, 0.3) is 11.8 Å². The number of hydrogen-bond donors (Lipinski definition) is 1. The molecule has 1 N–H and O–H groups in total. The second kappa shape index (κ2) is 15.3. The van der Waals surface area contributed by atoms with Crippen LogP contribution in [0, 0.1) is 5.92 Å². The van der Waals surface area contributed by atoms with Gasteiger partial charge in [0.2, 0.25) is 11.6 Å². The number of carbonyl (C=O) groups is 1. The number of nitrogens with zero attached hydrogens (tertiary/aromatic N) is 9. The van der Waals surface area contributed by atoms with Crippen LogP contribution < -0.4 is 0 Å². The molecule has 4 aromatic carbocycles. The van der Waals surface area contributed by atoms with Crippen molar-refractivity contribution in [2.75, 3.05) is 6.54 Å². The minimum absolute atomic E-state index is 0.0570. The van der Waals surface area contributed by atoms with Gasteiger partial charge in [0, 0.05) is 30.3 Å². The number of para-hydroxylation sites is 2. The molecule has 308 valence electrons. The van der Waals surface area contributed by atoms with E-state index in [0.29, 0.717) is 30.6 Å². The molecular formula is C42H29F6N9O4. The van der Waals surface area contributed by atoms with Crippen molar-refractivity contribution in [2.45, 2.75) is 31.4 Å². The third-order valence-electron chi connectivity index (χ3n) is 10.3. The fourth-order valence-electron chi connectivity index (χ4n) is 7.33. The van der Waals surface area contributed by atoms with Gasteiger partial charge in [-0.3, -0.25) is 9.69 Å². The smallest absolute Gasteiger partial charge is 0.434 e. The molecule has 8 aromatic rings. The third-order valence-corrected chi connectivity index (χ3v) is 10.3. The first kappa shape index (κ1) is 39.1. The minimum Gasteiger partial charge on any atom is -0.481 e. The van der Waals surface area contributed by atoms with Crippen LogP contribution in [-0.4, -0.2) is 68.4 Å². The zero-order valence-corrected chi connectivity index (χ0v) is 31.3. The zero-order valence-electron chi connectivity index (χ0n) is 31.3. The second-order valence-electron chi connectivity index (χ2n) is 14.2. The van der Waals surface area contributed by atoms with Crippen LogP contribution in [0.3, 0.4) is 0 Å². The number of aromatic nitrogens is 8. The summed E-state index contributed by atoms with van der Waals surface area (Å²) in [5, 5.41) is 25.6. The van der Waals surface area contributed by atoms with Crippen LogP contribution in [-0.2, 0) is 30.1 Å². The largest absolute Gasteiger partial charge is 0.481 e. The van der Waals surface area contributed by atoms with E-state index in [4.69, 9.17) is 9.05 Å². The lowest BCUT2D eigenvalue weighted by Crippen LogP contribution is -2.59. The molecule has 5 heterocycles. The van der Waals surface area contributed by atoms with Gasteiger partial charge in [0.1, 0.15) is 0 Å². The summed E-state index contributed by atoms with van der Waals surface area (Å²) in [5.74, 6) is -2.15. The second-order valence-corrected chi connectivity index (χ2v) is 14.2. The number of halogens is 6. The minimum atomic E-state index is -4.78. The Kier molecular flexibility index (Phi) is 9.81. The molecular weight excluding hydrogens is 809 g/mol. The van der Waals surface area contributed by atoms with Crippen LogP contribution in [0.1, 0.15) is 22.5 Å². The Labute approximate surface area is 340 Å². The number of rotatable bonds is 11. The molecule has 2 atom stereocenters. The summed E-state index contributed by atoms with van der Waals surface area (Å²) in [6.07, 6.45) is -7.11. The molecule has 4 aromatic heterocycles. The average Bonchev–Trinajstić information content (AvgIpc) is 4.08. The van der Waals surface area contributed by atoms with E-state index >= 15 is 0 Å². The molecule has 0 amide bonds. The Morgan fingerprint density at radius 1 is 0.639 bits per heavy atom. The van der Waals surface area contributed by atoms with E-state index in [1.54, 1.807) is 84.9 Å². The van der Waals surface area contributed by atoms with Gasteiger partial charge in [-0.1, -0.05) is 95.2 Å². The predicted octanol–water partition coefficient (Wildman–Crippen LogP) is 8.66. The lowest BCUT2D eigenvalue weighted by molar-refractivity contribution is -0.153. The van der Waals surface area contributed by atoms with Crippen molar-refractivity contribution < 1.29 is 45.3 Å². The SMILES string of the molecule is O=C(O)C1CN(Cc2ccc(-c3noc(-c4cnn(-c5ccccc5)c4C(F)(F)F)n3)cc2)C1Cc1ccc(-c2noc(-c3cnn(-c4ccccc4)c3C(F)(F)F)n2)cc1. The van der Waals surface area contributed by atoms with Crippen LogP contribution in [0.5, 0.6) is 0 Å². The first-order valence-electron chi connectivity index (χ1n) is 18.6. The van der Waals surface area contributed by atoms with Crippen LogP contribution in [0.15, 0.2) is 131 Å². The van der Waals surface area contributed by atoms with Crippen LogP contribution >= 0.6 is 0 Å². The normalized spacial score (nSPS) is 15.8. The molecule has 13 nitrogen and oxygen atoms in total. The molecule has 0 bridgehead atoms. The van der Waals surface area contributed by atoms with E-state index in [9.17, 15) is 36.2 Å². The molecule has 1 fully saturated rings. The predicted molar refractivity (Wildman–Crippen MR) is 204 cm³/mol. The van der Waals surface area contributed by atoms with Crippen molar-refractivity contribution in [3.05, 3.63) is 144 Å². The Morgan fingerprint density at radius 3 is 1.51 bits per heavy atom. The maximum Gasteiger partial charge on any atom is 0.434 e. The molecule has 9 rings (SSSR count). The van der Waals surface area contributed by atoms with Gasteiger partial charge in [-0.05, 0) is 41.8 Å². The van der Waals surface area contributed by atoms with E-state index in [-0.39, 0.29) is 52.0 Å². The molecule has 2 unspecified atom stereocenters. The topological polar surface area (TPSA) is 154 Å². The lowest BCUT2D eigenvalue weighted by atomic mass is 9.83. The molecule has 61 heavy (non-hydrogen) atoms. The van der Waals surface area contributed by atoms with E-state index < -0.39 is 35.6 Å². The van der Waals surface area contributed by atoms with Crippen molar-refractivity contribution in [1.29, 1.82) is 0 Å². The maximum absolute atomic E-state index is 14.2. The fraction of sp³-hybridized carbons (Fsp3) is 0.167. The zero-order chi connectivity index (χ0) is 42.5. The summed E-state index contributed by atoms with van der Waals surface area (Å²) in [4.78, 5) is 22.6. The van der Waals surface area contributed by atoms with Crippen molar-refractivity contribution in [2.24, 2.45) is 5.92 Å². The Balaban J connectivity index is 0.876. The molecule has 19 heteroatoms. The number of alkyl halides is 6. The lowest BCUT2D eigenvalue weighted by Gasteiger charge is -2.46. The van der Waals surface area contributed by atoms with Crippen LogP contribution in [0.4, 0.5) is 26.3 Å². The quantitative estimate of drug-likeness (QED) is 0.125. The number of carboxylic acids is 1. The average molecular weight is 838 g/mol. The summed E-state index contributed by atoms with van der Waals surface area (Å²) < 4.78 is 97.5.